The van der Waals surface area contributed by atoms with Crippen LogP contribution in [0.3, 0.4) is 0 Å². The van der Waals surface area contributed by atoms with Gasteiger partial charge in [0.25, 0.3) is 0 Å². The van der Waals surface area contributed by atoms with Gasteiger partial charge >= 0.3 is 0 Å². The largest absolute Gasteiger partial charge is 0.356 e. The van der Waals surface area contributed by atoms with Crippen molar-refractivity contribution >= 4 is 5.91 Å². The molecular formula is C10H21NO. The maximum absolute atomic E-state index is 11.3. The van der Waals surface area contributed by atoms with Crippen LogP contribution in [0.25, 0.3) is 0 Å². The summed E-state index contributed by atoms with van der Waals surface area (Å²) >= 11 is 0. The van der Waals surface area contributed by atoms with Crippen LogP contribution in [0, 0.1) is 11.8 Å². The van der Waals surface area contributed by atoms with E-state index < -0.39 is 0 Å². The molecule has 2 atom stereocenters. The van der Waals surface area contributed by atoms with Crippen molar-refractivity contribution in [2.24, 2.45) is 11.8 Å². The molecule has 0 aromatic carbocycles. The van der Waals surface area contributed by atoms with E-state index in [9.17, 15) is 4.79 Å². The van der Waals surface area contributed by atoms with Crippen LogP contribution in [-0.4, -0.2) is 12.5 Å². The van der Waals surface area contributed by atoms with E-state index in [-0.39, 0.29) is 11.8 Å². The Morgan fingerprint density at radius 1 is 1.25 bits per heavy atom. The number of nitrogens with one attached hydrogen (secondary N) is 1. The van der Waals surface area contributed by atoms with Crippen molar-refractivity contribution in [2.45, 2.75) is 40.5 Å². The van der Waals surface area contributed by atoms with Crippen molar-refractivity contribution in [1.29, 1.82) is 0 Å². The zero-order chi connectivity index (χ0) is 9.56. The molecule has 0 aromatic rings. The fraction of sp³-hybridized carbons (Fsp3) is 0.900. The summed E-state index contributed by atoms with van der Waals surface area (Å²) in [6.45, 7) is 9.11. The lowest BCUT2D eigenvalue weighted by Crippen LogP contribution is -2.32. The average Bonchev–Trinajstić information content (AvgIpc) is 2.11. The highest BCUT2D eigenvalue weighted by molar-refractivity contribution is 5.78. The fourth-order valence-corrected chi connectivity index (χ4v) is 0.779. The fourth-order valence-electron chi connectivity index (χ4n) is 0.779. The van der Waals surface area contributed by atoms with Crippen LogP contribution in [0.5, 0.6) is 0 Å². The van der Waals surface area contributed by atoms with Crippen molar-refractivity contribution in [1.82, 2.24) is 5.32 Å². The molecule has 0 saturated carbocycles. The molecule has 2 heteroatoms. The summed E-state index contributed by atoms with van der Waals surface area (Å²) in [4.78, 5) is 11.3. The highest BCUT2D eigenvalue weighted by Crippen LogP contribution is 2.02. The molecule has 0 radical (unpaired) electrons. The summed E-state index contributed by atoms with van der Waals surface area (Å²) in [6, 6.07) is 0. The lowest BCUT2D eigenvalue weighted by Gasteiger charge is -2.13. The van der Waals surface area contributed by atoms with Gasteiger partial charge in [0.15, 0.2) is 0 Å². The van der Waals surface area contributed by atoms with Gasteiger partial charge in [0, 0.05) is 12.5 Å². The molecule has 0 aliphatic heterocycles. The molecule has 0 bridgehead atoms. The molecule has 72 valence electrons. The van der Waals surface area contributed by atoms with E-state index in [4.69, 9.17) is 0 Å². The van der Waals surface area contributed by atoms with Crippen LogP contribution in [0.1, 0.15) is 40.5 Å². The van der Waals surface area contributed by atoms with Crippen molar-refractivity contribution in [3.63, 3.8) is 0 Å². The third-order valence-electron chi connectivity index (χ3n) is 2.38. The summed E-state index contributed by atoms with van der Waals surface area (Å²) < 4.78 is 0. The maximum atomic E-state index is 11.3. The first-order valence-electron chi connectivity index (χ1n) is 4.89. The van der Waals surface area contributed by atoms with Crippen LogP contribution in [0.15, 0.2) is 0 Å². The first-order valence-corrected chi connectivity index (χ1v) is 4.89. The minimum absolute atomic E-state index is 0.161. The van der Waals surface area contributed by atoms with Crippen molar-refractivity contribution < 1.29 is 4.79 Å². The predicted octanol–water partition coefficient (Wildman–Crippen LogP) is 2.19. The van der Waals surface area contributed by atoms with Gasteiger partial charge in [-0.25, -0.2) is 0 Å². The van der Waals surface area contributed by atoms with Crippen LogP contribution < -0.4 is 5.32 Å². The molecule has 12 heavy (non-hydrogen) atoms. The van der Waals surface area contributed by atoms with Gasteiger partial charge < -0.3 is 5.32 Å². The highest BCUT2D eigenvalue weighted by atomic mass is 16.1. The molecule has 0 unspecified atom stereocenters. The summed E-state index contributed by atoms with van der Waals surface area (Å²) in [5.41, 5.74) is 0. The number of carbonyl (C=O) groups excluding carboxylic acids is 1. The van der Waals surface area contributed by atoms with E-state index >= 15 is 0 Å². The van der Waals surface area contributed by atoms with Crippen molar-refractivity contribution in [2.75, 3.05) is 6.54 Å². The Balaban J connectivity index is 3.56. The van der Waals surface area contributed by atoms with Gasteiger partial charge in [0.2, 0.25) is 5.91 Å². The van der Waals surface area contributed by atoms with Gasteiger partial charge in [0.1, 0.15) is 0 Å². The molecule has 0 rings (SSSR count). The molecule has 0 heterocycles. The Morgan fingerprint density at radius 3 is 2.25 bits per heavy atom. The van der Waals surface area contributed by atoms with Crippen LogP contribution in [0.2, 0.25) is 0 Å². The van der Waals surface area contributed by atoms with Crippen molar-refractivity contribution in [3.8, 4) is 0 Å². The minimum Gasteiger partial charge on any atom is -0.356 e. The second-order valence-corrected chi connectivity index (χ2v) is 3.57. The number of hydrogen-bond acceptors (Lipinski definition) is 1. The Kier molecular flexibility index (Phi) is 5.77. The summed E-state index contributed by atoms with van der Waals surface area (Å²) in [6.07, 6.45) is 2.05. The Hall–Kier alpha value is -0.530. The highest BCUT2D eigenvalue weighted by Gasteiger charge is 2.10. The summed E-state index contributed by atoms with van der Waals surface area (Å²) in [7, 11) is 0. The second-order valence-electron chi connectivity index (χ2n) is 3.57. The molecule has 2 nitrogen and oxygen atoms in total. The molecule has 0 aliphatic carbocycles. The third kappa shape index (κ3) is 4.37. The van der Waals surface area contributed by atoms with E-state index in [1.165, 1.54) is 0 Å². The maximum Gasteiger partial charge on any atom is 0.222 e. The Bertz CT molecular complexity index is 134. The second kappa shape index (κ2) is 6.04. The molecule has 0 spiro atoms. The molecule has 1 N–H and O–H groups in total. The quantitative estimate of drug-likeness (QED) is 0.675. The molecular weight excluding hydrogens is 150 g/mol. The van der Waals surface area contributed by atoms with Crippen molar-refractivity contribution in [3.05, 3.63) is 0 Å². The van der Waals surface area contributed by atoms with Gasteiger partial charge in [-0.3, -0.25) is 4.79 Å². The number of hydrogen-bond donors (Lipinski definition) is 1. The lowest BCUT2D eigenvalue weighted by molar-refractivity contribution is -0.124. The number of rotatable bonds is 5. The monoisotopic (exact) mass is 171 g/mol. The van der Waals surface area contributed by atoms with Gasteiger partial charge in [-0.15, -0.1) is 0 Å². The SMILES string of the molecule is CC[C@H](C)CNC(=O)[C@H](C)CC. The number of amides is 1. The predicted molar refractivity (Wildman–Crippen MR) is 51.9 cm³/mol. The molecule has 0 aromatic heterocycles. The van der Waals surface area contributed by atoms with Gasteiger partial charge in [-0.2, -0.15) is 0 Å². The van der Waals surface area contributed by atoms with E-state index in [2.05, 4.69) is 19.2 Å². The summed E-state index contributed by atoms with van der Waals surface area (Å²) in [5.74, 6) is 0.949. The molecule has 0 saturated heterocycles. The van der Waals surface area contributed by atoms with Crippen LogP contribution >= 0.6 is 0 Å². The molecule has 0 aliphatic rings. The standard InChI is InChI=1S/C10H21NO/c1-5-8(3)7-11-10(12)9(4)6-2/h8-9H,5-7H2,1-4H3,(H,11,12)/t8-,9+/m0/s1. The molecule has 0 fully saturated rings. The van der Waals surface area contributed by atoms with Gasteiger partial charge in [0.05, 0.1) is 0 Å². The average molecular weight is 171 g/mol. The Morgan fingerprint density at radius 2 is 1.83 bits per heavy atom. The minimum atomic E-state index is 0.161. The first kappa shape index (κ1) is 11.5. The van der Waals surface area contributed by atoms with Gasteiger partial charge in [-0.1, -0.05) is 34.1 Å². The van der Waals surface area contributed by atoms with Gasteiger partial charge in [-0.05, 0) is 12.3 Å². The zero-order valence-corrected chi connectivity index (χ0v) is 8.68. The lowest BCUT2D eigenvalue weighted by atomic mass is 10.1. The number of carbonyl (C=O) groups is 1. The topological polar surface area (TPSA) is 29.1 Å². The van der Waals surface area contributed by atoms with E-state index in [1.807, 2.05) is 13.8 Å². The zero-order valence-electron chi connectivity index (χ0n) is 8.68. The van der Waals surface area contributed by atoms with Crippen LogP contribution in [-0.2, 0) is 4.79 Å². The first-order chi connectivity index (χ1) is 5.61. The smallest absolute Gasteiger partial charge is 0.222 e. The van der Waals surface area contributed by atoms with E-state index in [0.29, 0.717) is 5.92 Å². The Labute approximate surface area is 75.7 Å². The van der Waals surface area contributed by atoms with Crippen LogP contribution in [0.4, 0.5) is 0 Å². The van der Waals surface area contributed by atoms with E-state index in [1.54, 1.807) is 0 Å². The molecule has 1 amide bonds. The third-order valence-corrected chi connectivity index (χ3v) is 2.38. The van der Waals surface area contributed by atoms with E-state index in [0.717, 1.165) is 19.4 Å². The summed E-state index contributed by atoms with van der Waals surface area (Å²) in [5, 5.41) is 2.95. The normalized spacial score (nSPS) is 15.3.